The summed E-state index contributed by atoms with van der Waals surface area (Å²) in [6.45, 7) is 0. The molecule has 0 aliphatic carbocycles. The highest BCUT2D eigenvalue weighted by atomic mass is 19.4. The minimum atomic E-state index is -4.51. The first-order chi connectivity index (χ1) is 15.2. The number of carbonyl (C=O) groups is 2. The second kappa shape index (κ2) is 9.82. The van der Waals surface area contributed by atoms with Crippen LogP contribution in [0.1, 0.15) is 21.5 Å². The zero-order valence-electron chi connectivity index (χ0n) is 16.9. The van der Waals surface area contributed by atoms with E-state index in [0.717, 1.165) is 17.7 Å². The largest absolute Gasteiger partial charge is 0.497 e. The van der Waals surface area contributed by atoms with E-state index in [9.17, 15) is 22.8 Å². The Bertz CT molecular complexity index is 1140. The number of rotatable bonds is 6. The number of methoxy groups -OCH3 is 1. The molecule has 32 heavy (non-hydrogen) atoms. The number of halogens is 3. The molecule has 0 atom stereocenters. The molecular formula is C24H19F3N2O3. The molecule has 0 aromatic heterocycles. The van der Waals surface area contributed by atoms with Crippen molar-refractivity contribution in [2.24, 2.45) is 0 Å². The summed E-state index contributed by atoms with van der Waals surface area (Å²) in [6.07, 6.45) is -1.54. The van der Waals surface area contributed by atoms with Gasteiger partial charge in [0, 0.05) is 23.0 Å². The monoisotopic (exact) mass is 440 g/mol. The van der Waals surface area contributed by atoms with Gasteiger partial charge in [-0.15, -0.1) is 0 Å². The van der Waals surface area contributed by atoms with Crippen molar-refractivity contribution >= 4 is 29.3 Å². The summed E-state index contributed by atoms with van der Waals surface area (Å²) < 4.78 is 43.6. The molecule has 0 unspecified atom stereocenters. The first-order valence-corrected chi connectivity index (χ1v) is 9.46. The predicted octanol–water partition coefficient (Wildman–Crippen LogP) is 5.62. The molecule has 0 heterocycles. The maximum absolute atomic E-state index is 12.8. The molecule has 0 bridgehead atoms. The van der Waals surface area contributed by atoms with Crippen LogP contribution >= 0.6 is 0 Å². The Balaban J connectivity index is 1.65. The van der Waals surface area contributed by atoms with E-state index in [1.54, 1.807) is 49.6 Å². The molecule has 0 radical (unpaired) electrons. The van der Waals surface area contributed by atoms with Crippen molar-refractivity contribution in [3.8, 4) is 5.75 Å². The van der Waals surface area contributed by atoms with Crippen LogP contribution in [0.4, 0.5) is 24.5 Å². The first-order valence-electron chi connectivity index (χ1n) is 9.46. The van der Waals surface area contributed by atoms with Crippen LogP contribution in [0, 0.1) is 0 Å². The van der Waals surface area contributed by atoms with Gasteiger partial charge >= 0.3 is 6.18 Å². The van der Waals surface area contributed by atoms with Gasteiger partial charge in [0.2, 0.25) is 5.91 Å². The van der Waals surface area contributed by atoms with E-state index >= 15 is 0 Å². The minimum Gasteiger partial charge on any atom is -0.497 e. The van der Waals surface area contributed by atoms with E-state index in [2.05, 4.69) is 10.6 Å². The van der Waals surface area contributed by atoms with Crippen molar-refractivity contribution in [2.45, 2.75) is 6.18 Å². The maximum Gasteiger partial charge on any atom is 0.416 e. The van der Waals surface area contributed by atoms with Crippen LogP contribution in [0.15, 0.2) is 78.9 Å². The first kappa shape index (κ1) is 22.6. The Morgan fingerprint density at radius 2 is 1.53 bits per heavy atom. The van der Waals surface area contributed by atoms with E-state index in [0.29, 0.717) is 11.4 Å². The van der Waals surface area contributed by atoms with Gasteiger partial charge < -0.3 is 15.4 Å². The molecule has 3 aromatic rings. The molecule has 5 nitrogen and oxygen atoms in total. The van der Waals surface area contributed by atoms with Gasteiger partial charge in [-0.25, -0.2) is 0 Å². The lowest BCUT2D eigenvalue weighted by atomic mass is 10.1. The second-order valence-corrected chi connectivity index (χ2v) is 6.71. The zero-order valence-corrected chi connectivity index (χ0v) is 16.9. The number of ether oxygens (including phenoxy) is 1. The van der Waals surface area contributed by atoms with E-state index in [4.69, 9.17) is 4.74 Å². The van der Waals surface area contributed by atoms with Gasteiger partial charge in [0.15, 0.2) is 0 Å². The lowest BCUT2D eigenvalue weighted by molar-refractivity contribution is -0.137. The fourth-order valence-corrected chi connectivity index (χ4v) is 2.79. The lowest BCUT2D eigenvalue weighted by Crippen LogP contribution is -2.14. The van der Waals surface area contributed by atoms with Crippen molar-refractivity contribution in [3.63, 3.8) is 0 Å². The number of amides is 2. The molecule has 0 aliphatic rings. The van der Waals surface area contributed by atoms with Gasteiger partial charge in [0.1, 0.15) is 5.75 Å². The molecule has 0 aliphatic heterocycles. The fraction of sp³-hybridized carbons (Fsp3) is 0.0833. The zero-order chi connectivity index (χ0) is 23.1. The van der Waals surface area contributed by atoms with Gasteiger partial charge in [0.25, 0.3) is 5.91 Å². The third-order valence-electron chi connectivity index (χ3n) is 4.38. The highest BCUT2D eigenvalue weighted by Gasteiger charge is 2.30. The van der Waals surface area contributed by atoms with Crippen molar-refractivity contribution < 1.29 is 27.5 Å². The van der Waals surface area contributed by atoms with Crippen LogP contribution in [0.3, 0.4) is 0 Å². The summed E-state index contributed by atoms with van der Waals surface area (Å²) in [5.41, 5.74) is 0.502. The molecule has 3 rings (SSSR count). The number of hydrogen-bond acceptors (Lipinski definition) is 3. The lowest BCUT2D eigenvalue weighted by Gasteiger charge is -2.10. The predicted molar refractivity (Wildman–Crippen MR) is 116 cm³/mol. The van der Waals surface area contributed by atoms with E-state index < -0.39 is 23.6 Å². The van der Waals surface area contributed by atoms with Crippen LogP contribution in [0.25, 0.3) is 6.08 Å². The van der Waals surface area contributed by atoms with Crippen LogP contribution in [-0.2, 0) is 11.0 Å². The molecule has 0 spiro atoms. The smallest absolute Gasteiger partial charge is 0.416 e. The third kappa shape index (κ3) is 6.21. The average molecular weight is 440 g/mol. The van der Waals surface area contributed by atoms with E-state index in [-0.39, 0.29) is 11.3 Å². The summed E-state index contributed by atoms with van der Waals surface area (Å²) in [5.74, 6) is -0.308. The van der Waals surface area contributed by atoms with Crippen molar-refractivity contribution in [1.29, 1.82) is 0 Å². The Labute approximate surface area is 182 Å². The standard InChI is InChI=1S/C24H19F3N2O3/c1-32-21-11-8-16(9-12-21)10-13-22(30)28-19-6-2-4-17(14-19)23(31)29-20-7-3-5-18(15-20)24(25,26)27/h2-15H,1H3,(H,28,30)(H,29,31)/b13-10+. The topological polar surface area (TPSA) is 67.4 Å². The van der Waals surface area contributed by atoms with Crippen molar-refractivity contribution in [1.82, 2.24) is 0 Å². The number of hydrogen-bond donors (Lipinski definition) is 2. The quantitative estimate of drug-likeness (QED) is 0.489. The Kier molecular flexibility index (Phi) is 6.94. The van der Waals surface area contributed by atoms with Crippen LogP contribution in [0.2, 0.25) is 0 Å². The molecule has 2 N–H and O–H groups in total. The van der Waals surface area contributed by atoms with Gasteiger partial charge in [0.05, 0.1) is 12.7 Å². The van der Waals surface area contributed by atoms with Gasteiger partial charge in [-0.2, -0.15) is 13.2 Å². The van der Waals surface area contributed by atoms with Crippen LogP contribution in [-0.4, -0.2) is 18.9 Å². The van der Waals surface area contributed by atoms with Gasteiger partial charge in [-0.05, 0) is 60.2 Å². The summed E-state index contributed by atoms with van der Waals surface area (Å²) >= 11 is 0. The minimum absolute atomic E-state index is 0.0155. The molecule has 3 aromatic carbocycles. The number of anilines is 2. The summed E-state index contributed by atoms with van der Waals surface area (Å²) in [6, 6.07) is 17.6. The number of nitrogens with one attached hydrogen (secondary N) is 2. The van der Waals surface area contributed by atoms with Crippen LogP contribution in [0.5, 0.6) is 5.75 Å². The SMILES string of the molecule is COc1ccc(/C=C/C(=O)Nc2cccc(C(=O)Nc3cccc(C(F)(F)F)c3)c2)cc1. The average Bonchev–Trinajstić information content (AvgIpc) is 2.78. The third-order valence-corrected chi connectivity index (χ3v) is 4.38. The van der Waals surface area contributed by atoms with E-state index in [1.807, 2.05) is 0 Å². The number of alkyl halides is 3. The molecule has 164 valence electrons. The van der Waals surface area contributed by atoms with E-state index in [1.165, 1.54) is 30.3 Å². The Hall–Kier alpha value is -4.07. The normalized spacial score (nSPS) is 11.2. The number of carbonyl (C=O) groups excluding carboxylic acids is 2. The molecule has 0 fully saturated rings. The molecule has 0 saturated carbocycles. The van der Waals surface area contributed by atoms with Gasteiger partial charge in [-0.1, -0.05) is 24.3 Å². The summed E-state index contributed by atoms with van der Waals surface area (Å²) in [4.78, 5) is 24.6. The molecule has 2 amide bonds. The fourth-order valence-electron chi connectivity index (χ4n) is 2.79. The Morgan fingerprint density at radius 1 is 0.875 bits per heavy atom. The van der Waals surface area contributed by atoms with Crippen LogP contribution < -0.4 is 15.4 Å². The highest BCUT2D eigenvalue weighted by molar-refractivity contribution is 6.06. The van der Waals surface area contributed by atoms with Crippen molar-refractivity contribution in [2.75, 3.05) is 17.7 Å². The second-order valence-electron chi connectivity index (χ2n) is 6.71. The summed E-state index contributed by atoms with van der Waals surface area (Å²) in [5, 5.41) is 5.08. The Morgan fingerprint density at radius 3 is 2.19 bits per heavy atom. The van der Waals surface area contributed by atoms with Gasteiger partial charge in [-0.3, -0.25) is 9.59 Å². The maximum atomic E-state index is 12.8. The highest BCUT2D eigenvalue weighted by Crippen LogP contribution is 2.30. The molecule has 0 saturated heterocycles. The molecular weight excluding hydrogens is 421 g/mol. The summed E-state index contributed by atoms with van der Waals surface area (Å²) in [7, 11) is 1.56. The van der Waals surface area contributed by atoms with Crippen molar-refractivity contribution in [3.05, 3.63) is 95.6 Å². The number of benzene rings is 3. The molecule has 8 heteroatoms.